The molecule has 1 saturated carbocycles. The molecule has 0 aromatic heterocycles. The zero-order chi connectivity index (χ0) is 10.5. The second kappa shape index (κ2) is 2.84. The van der Waals surface area contributed by atoms with E-state index in [2.05, 4.69) is 6.92 Å². The largest absolute Gasteiger partial charge is 0.461 e. The Bertz CT molecular complexity index is 398. The molecule has 1 saturated heterocycles. The summed E-state index contributed by atoms with van der Waals surface area (Å²) in [6.07, 6.45) is 2.11. The van der Waals surface area contributed by atoms with E-state index in [0.29, 0.717) is 5.92 Å². The molecule has 0 radical (unpaired) electrons. The maximum Gasteiger partial charge on any atom is 0.317 e. The van der Waals surface area contributed by atoms with E-state index >= 15 is 0 Å². The Kier molecular flexibility index (Phi) is 1.70. The normalized spacial score (nSPS) is 38.1. The summed E-state index contributed by atoms with van der Waals surface area (Å²) < 4.78 is 5.39. The Morgan fingerprint density at radius 2 is 2.07 bits per heavy atom. The third-order valence-electron chi connectivity index (χ3n) is 4.07. The van der Waals surface area contributed by atoms with Gasteiger partial charge in [-0.2, -0.15) is 0 Å². The average molecular weight is 202 g/mol. The number of fused-ring (bicyclic) bond motifs is 2. The van der Waals surface area contributed by atoms with Crippen LogP contribution in [0, 0.1) is 5.92 Å². The van der Waals surface area contributed by atoms with Crippen LogP contribution in [0.5, 0.6) is 0 Å². The zero-order valence-corrected chi connectivity index (χ0v) is 8.77. The van der Waals surface area contributed by atoms with Gasteiger partial charge in [0.1, 0.15) is 6.10 Å². The van der Waals surface area contributed by atoms with Crippen LogP contribution in [0.3, 0.4) is 0 Å². The van der Waals surface area contributed by atoms with Crippen molar-refractivity contribution >= 4 is 5.97 Å². The molecule has 0 amide bonds. The predicted octanol–water partition coefficient (Wildman–Crippen LogP) is 2.28. The van der Waals surface area contributed by atoms with Crippen LogP contribution in [0.4, 0.5) is 0 Å². The molecule has 2 nitrogen and oxygen atoms in total. The van der Waals surface area contributed by atoms with Crippen LogP contribution in [-0.4, -0.2) is 12.1 Å². The molecule has 2 aliphatic rings. The topological polar surface area (TPSA) is 26.3 Å². The van der Waals surface area contributed by atoms with E-state index in [1.807, 2.05) is 30.3 Å². The summed E-state index contributed by atoms with van der Waals surface area (Å²) in [6, 6.07) is 10.1. The smallest absolute Gasteiger partial charge is 0.317 e. The minimum atomic E-state index is -0.341. The lowest BCUT2D eigenvalue weighted by molar-refractivity contribution is -0.149. The maximum atomic E-state index is 11.9. The molecular weight excluding hydrogens is 188 g/mol. The lowest BCUT2D eigenvalue weighted by Gasteiger charge is -2.26. The third-order valence-corrected chi connectivity index (χ3v) is 4.07. The molecule has 0 unspecified atom stereocenters. The molecule has 2 bridgehead atoms. The number of benzene rings is 1. The molecule has 78 valence electrons. The van der Waals surface area contributed by atoms with Gasteiger partial charge < -0.3 is 4.74 Å². The fraction of sp³-hybridized carbons (Fsp3) is 0.462. The molecule has 0 spiro atoms. The Morgan fingerprint density at radius 3 is 2.60 bits per heavy atom. The minimum absolute atomic E-state index is 0.0162. The SMILES string of the molecule is C[C@H]1[C@H]2CC[C@]1(c1ccccc1)C(=O)O2. The number of hydrogen-bond donors (Lipinski definition) is 0. The number of ether oxygens (including phenoxy) is 1. The van der Waals surface area contributed by atoms with E-state index in [-0.39, 0.29) is 17.5 Å². The van der Waals surface area contributed by atoms with Crippen LogP contribution >= 0.6 is 0 Å². The highest BCUT2D eigenvalue weighted by atomic mass is 16.6. The minimum Gasteiger partial charge on any atom is -0.461 e. The number of rotatable bonds is 1. The molecule has 0 N–H and O–H groups in total. The van der Waals surface area contributed by atoms with Crippen molar-refractivity contribution in [3.8, 4) is 0 Å². The fourth-order valence-electron chi connectivity index (χ4n) is 3.12. The summed E-state index contributed by atoms with van der Waals surface area (Å²) in [6.45, 7) is 2.13. The van der Waals surface area contributed by atoms with Gasteiger partial charge in [0.2, 0.25) is 0 Å². The van der Waals surface area contributed by atoms with Crippen molar-refractivity contribution in [3.05, 3.63) is 35.9 Å². The van der Waals surface area contributed by atoms with Crippen LogP contribution in [0.25, 0.3) is 0 Å². The summed E-state index contributed by atoms with van der Waals surface area (Å²) in [4.78, 5) is 11.9. The van der Waals surface area contributed by atoms with Gasteiger partial charge in [-0.3, -0.25) is 4.79 Å². The van der Waals surface area contributed by atoms with Gasteiger partial charge in [0, 0.05) is 5.92 Å². The molecule has 1 aliphatic carbocycles. The Labute approximate surface area is 89.2 Å². The summed E-state index contributed by atoms with van der Waals surface area (Å²) in [7, 11) is 0. The van der Waals surface area contributed by atoms with E-state index in [1.165, 1.54) is 0 Å². The van der Waals surface area contributed by atoms with Crippen LogP contribution < -0.4 is 0 Å². The van der Waals surface area contributed by atoms with Gasteiger partial charge in [0.05, 0.1) is 5.41 Å². The van der Waals surface area contributed by atoms with E-state index in [4.69, 9.17) is 4.74 Å². The van der Waals surface area contributed by atoms with E-state index < -0.39 is 0 Å². The molecule has 15 heavy (non-hydrogen) atoms. The van der Waals surface area contributed by atoms with Crippen molar-refractivity contribution in [1.29, 1.82) is 0 Å². The molecule has 1 aromatic carbocycles. The van der Waals surface area contributed by atoms with Crippen LogP contribution in [-0.2, 0) is 14.9 Å². The van der Waals surface area contributed by atoms with Crippen molar-refractivity contribution in [2.24, 2.45) is 5.92 Å². The number of hydrogen-bond acceptors (Lipinski definition) is 2. The van der Waals surface area contributed by atoms with Gasteiger partial charge in [-0.15, -0.1) is 0 Å². The molecule has 1 aliphatic heterocycles. The fourth-order valence-corrected chi connectivity index (χ4v) is 3.12. The molecule has 1 aromatic rings. The zero-order valence-electron chi connectivity index (χ0n) is 8.77. The van der Waals surface area contributed by atoms with Gasteiger partial charge in [0.25, 0.3) is 0 Å². The predicted molar refractivity (Wildman–Crippen MR) is 56.4 cm³/mol. The van der Waals surface area contributed by atoms with E-state index in [9.17, 15) is 4.79 Å². The van der Waals surface area contributed by atoms with Gasteiger partial charge in [-0.25, -0.2) is 0 Å². The van der Waals surface area contributed by atoms with Crippen LogP contribution in [0.15, 0.2) is 30.3 Å². The summed E-state index contributed by atoms with van der Waals surface area (Å²) in [5, 5.41) is 0. The van der Waals surface area contributed by atoms with Crippen molar-refractivity contribution < 1.29 is 9.53 Å². The van der Waals surface area contributed by atoms with Crippen LogP contribution in [0.1, 0.15) is 25.3 Å². The molecular formula is C13H14O2. The number of carbonyl (C=O) groups is 1. The quantitative estimate of drug-likeness (QED) is 0.653. The van der Waals surface area contributed by atoms with Crippen molar-refractivity contribution in [2.75, 3.05) is 0 Å². The first-order valence-corrected chi connectivity index (χ1v) is 5.52. The van der Waals surface area contributed by atoms with Crippen molar-refractivity contribution in [2.45, 2.75) is 31.3 Å². The average Bonchev–Trinajstić information content (AvgIpc) is 2.71. The highest BCUT2D eigenvalue weighted by Crippen LogP contribution is 2.52. The summed E-state index contributed by atoms with van der Waals surface area (Å²) in [5.41, 5.74) is 0.786. The highest BCUT2D eigenvalue weighted by Gasteiger charge is 2.60. The van der Waals surface area contributed by atoms with Gasteiger partial charge in [-0.1, -0.05) is 37.3 Å². The molecule has 3 atom stereocenters. The Balaban J connectivity index is 2.13. The standard InChI is InChI=1S/C13H14O2/c1-9-11-7-8-13(9,12(14)15-11)10-5-3-2-4-6-10/h2-6,9,11H,7-8H2,1H3/t9-,11+,13-/m0/s1. The molecule has 2 fully saturated rings. The van der Waals surface area contributed by atoms with Gasteiger partial charge in [0.15, 0.2) is 0 Å². The molecule has 2 heteroatoms. The Hall–Kier alpha value is -1.31. The van der Waals surface area contributed by atoms with Gasteiger partial charge in [-0.05, 0) is 18.4 Å². The van der Waals surface area contributed by atoms with E-state index in [1.54, 1.807) is 0 Å². The Morgan fingerprint density at radius 1 is 1.33 bits per heavy atom. The monoisotopic (exact) mass is 202 g/mol. The number of esters is 1. The van der Waals surface area contributed by atoms with E-state index in [0.717, 1.165) is 18.4 Å². The second-order valence-electron chi connectivity index (χ2n) is 4.61. The number of carbonyl (C=O) groups excluding carboxylic acids is 1. The maximum absolute atomic E-state index is 11.9. The first kappa shape index (κ1) is 8.96. The summed E-state index contributed by atoms with van der Waals surface area (Å²) in [5.74, 6) is 0.310. The van der Waals surface area contributed by atoms with Crippen molar-refractivity contribution in [1.82, 2.24) is 0 Å². The lowest BCUT2D eigenvalue weighted by Crippen LogP contribution is -2.34. The second-order valence-corrected chi connectivity index (χ2v) is 4.61. The third kappa shape index (κ3) is 0.969. The lowest BCUT2D eigenvalue weighted by atomic mass is 9.74. The molecule has 3 rings (SSSR count). The van der Waals surface area contributed by atoms with Crippen LogP contribution in [0.2, 0.25) is 0 Å². The van der Waals surface area contributed by atoms with Gasteiger partial charge >= 0.3 is 5.97 Å². The summed E-state index contributed by atoms with van der Waals surface area (Å²) >= 11 is 0. The highest BCUT2D eigenvalue weighted by molar-refractivity contribution is 5.87. The molecule has 1 heterocycles. The van der Waals surface area contributed by atoms with Crippen molar-refractivity contribution in [3.63, 3.8) is 0 Å². The first-order valence-electron chi connectivity index (χ1n) is 5.52. The first-order chi connectivity index (χ1) is 7.25.